The van der Waals surface area contributed by atoms with E-state index in [4.69, 9.17) is 0 Å². The first-order valence-corrected chi connectivity index (χ1v) is 7.93. The predicted octanol–water partition coefficient (Wildman–Crippen LogP) is 2.77. The Balaban J connectivity index is 1.91. The van der Waals surface area contributed by atoms with Crippen molar-refractivity contribution in [1.29, 1.82) is 0 Å². The van der Waals surface area contributed by atoms with Gasteiger partial charge in [-0.05, 0) is 19.8 Å². The lowest BCUT2D eigenvalue weighted by Crippen LogP contribution is -2.39. The topological polar surface area (TPSA) is 40.5 Å². The van der Waals surface area contributed by atoms with Crippen molar-refractivity contribution in [3.63, 3.8) is 0 Å². The molecule has 1 N–H and O–H groups in total. The third-order valence-electron chi connectivity index (χ3n) is 3.17. The van der Waals surface area contributed by atoms with Gasteiger partial charge in [0.05, 0.1) is 5.01 Å². The molecule has 0 aromatic carbocycles. The second-order valence-electron chi connectivity index (χ2n) is 4.80. The van der Waals surface area contributed by atoms with Crippen molar-refractivity contribution >= 4 is 17.3 Å². The number of aliphatic imine (C=N–C) groups is 1. The minimum Gasteiger partial charge on any atom is -0.357 e. The molecule has 118 valence electrons. The highest BCUT2D eigenvalue weighted by Crippen LogP contribution is 2.30. The Bertz CT molecular complexity index is 478. The number of aromatic nitrogens is 1. The summed E-state index contributed by atoms with van der Waals surface area (Å²) in [6, 6.07) is 0. The lowest BCUT2D eigenvalue weighted by Gasteiger charge is -2.20. The summed E-state index contributed by atoms with van der Waals surface area (Å²) in [5.74, 6) is 0.850. The number of alkyl halides is 3. The van der Waals surface area contributed by atoms with E-state index in [2.05, 4.69) is 20.2 Å². The van der Waals surface area contributed by atoms with E-state index in [0.717, 1.165) is 55.2 Å². The van der Waals surface area contributed by atoms with Crippen LogP contribution in [-0.4, -0.2) is 42.0 Å². The van der Waals surface area contributed by atoms with Gasteiger partial charge in [-0.3, -0.25) is 4.99 Å². The number of hydrogen-bond acceptors (Lipinski definition) is 3. The zero-order chi connectivity index (χ0) is 15.3. The first-order chi connectivity index (χ1) is 10.0. The summed E-state index contributed by atoms with van der Waals surface area (Å²) in [5.41, 5.74) is -0.807. The second-order valence-corrected chi connectivity index (χ2v) is 5.75. The monoisotopic (exact) mass is 320 g/mol. The molecule has 0 amide bonds. The Kier molecular flexibility index (Phi) is 5.44. The number of thiazole rings is 1. The van der Waals surface area contributed by atoms with E-state index >= 15 is 0 Å². The van der Waals surface area contributed by atoms with Crippen LogP contribution in [0.2, 0.25) is 0 Å². The molecule has 8 heteroatoms. The summed E-state index contributed by atoms with van der Waals surface area (Å²) < 4.78 is 37.4. The van der Waals surface area contributed by atoms with E-state index in [9.17, 15) is 13.2 Å². The fraction of sp³-hybridized carbons (Fsp3) is 0.692. The molecule has 0 bridgehead atoms. The summed E-state index contributed by atoms with van der Waals surface area (Å²) in [7, 11) is 0. The van der Waals surface area contributed by atoms with Crippen molar-refractivity contribution in [2.75, 3.05) is 26.2 Å². The maximum absolute atomic E-state index is 12.5. The van der Waals surface area contributed by atoms with Crippen molar-refractivity contribution in [3.8, 4) is 0 Å². The lowest BCUT2D eigenvalue weighted by atomic mass is 10.4. The molecule has 2 rings (SSSR count). The Morgan fingerprint density at radius 2 is 2.14 bits per heavy atom. The van der Waals surface area contributed by atoms with Gasteiger partial charge in [0.25, 0.3) is 0 Å². The molecular weight excluding hydrogens is 301 g/mol. The number of hydrogen-bond donors (Lipinski definition) is 1. The van der Waals surface area contributed by atoms with Crippen LogP contribution in [0.25, 0.3) is 0 Å². The molecule has 1 aromatic heterocycles. The fourth-order valence-electron chi connectivity index (χ4n) is 2.17. The van der Waals surface area contributed by atoms with Gasteiger partial charge in [0.15, 0.2) is 11.7 Å². The molecule has 21 heavy (non-hydrogen) atoms. The normalized spacial score (nSPS) is 16.6. The van der Waals surface area contributed by atoms with Gasteiger partial charge in [-0.15, -0.1) is 11.3 Å². The highest BCUT2D eigenvalue weighted by atomic mass is 32.1. The molecule has 0 radical (unpaired) electrons. The van der Waals surface area contributed by atoms with Crippen LogP contribution in [0.5, 0.6) is 0 Å². The first kappa shape index (κ1) is 16.1. The highest BCUT2D eigenvalue weighted by molar-refractivity contribution is 7.09. The summed E-state index contributed by atoms with van der Waals surface area (Å²) in [6.07, 6.45) is -1.61. The lowest BCUT2D eigenvalue weighted by molar-refractivity contribution is -0.140. The average molecular weight is 320 g/mol. The molecule has 1 aromatic rings. The van der Waals surface area contributed by atoms with Gasteiger partial charge in [0, 0.05) is 38.0 Å². The van der Waals surface area contributed by atoms with Crippen LogP contribution in [-0.2, 0) is 12.6 Å². The second kappa shape index (κ2) is 7.11. The average Bonchev–Trinajstić information content (AvgIpc) is 3.08. The molecule has 4 nitrogen and oxygen atoms in total. The third kappa shape index (κ3) is 4.59. The molecule has 0 saturated carbocycles. The van der Waals surface area contributed by atoms with E-state index in [1.54, 1.807) is 0 Å². The molecule has 1 aliphatic heterocycles. The van der Waals surface area contributed by atoms with Gasteiger partial charge >= 0.3 is 6.18 Å². The van der Waals surface area contributed by atoms with Crippen molar-refractivity contribution < 1.29 is 13.2 Å². The van der Waals surface area contributed by atoms with Crippen LogP contribution in [0, 0.1) is 0 Å². The maximum Gasteiger partial charge on any atom is 0.434 e. The summed E-state index contributed by atoms with van der Waals surface area (Å²) in [6.45, 7) is 5.21. The van der Waals surface area contributed by atoms with Crippen LogP contribution in [0.1, 0.15) is 30.5 Å². The van der Waals surface area contributed by atoms with Crippen molar-refractivity contribution in [2.45, 2.75) is 32.4 Å². The van der Waals surface area contributed by atoms with Gasteiger partial charge in [-0.2, -0.15) is 13.2 Å². The van der Waals surface area contributed by atoms with Gasteiger partial charge in [0.2, 0.25) is 0 Å². The minimum absolute atomic E-state index is 0.434. The number of halogens is 3. The molecule has 0 unspecified atom stereocenters. The Labute approximate surface area is 126 Å². The smallest absolute Gasteiger partial charge is 0.357 e. The van der Waals surface area contributed by atoms with Crippen molar-refractivity contribution in [2.24, 2.45) is 4.99 Å². The molecule has 0 atom stereocenters. The highest BCUT2D eigenvalue weighted by Gasteiger charge is 2.33. The van der Waals surface area contributed by atoms with Crippen LogP contribution < -0.4 is 5.32 Å². The minimum atomic E-state index is -4.36. The molecule has 2 heterocycles. The number of likely N-dealkylation sites (tertiary alicyclic amines) is 1. The van der Waals surface area contributed by atoms with E-state index < -0.39 is 11.9 Å². The van der Waals surface area contributed by atoms with Gasteiger partial charge in [-0.25, -0.2) is 4.98 Å². The fourth-order valence-corrected chi connectivity index (χ4v) is 2.96. The Morgan fingerprint density at radius 3 is 2.71 bits per heavy atom. The largest absolute Gasteiger partial charge is 0.434 e. The van der Waals surface area contributed by atoms with Gasteiger partial charge < -0.3 is 10.2 Å². The maximum atomic E-state index is 12.5. The van der Waals surface area contributed by atoms with E-state index in [1.807, 2.05) is 6.92 Å². The van der Waals surface area contributed by atoms with Crippen LogP contribution in [0.15, 0.2) is 10.4 Å². The zero-order valence-corrected chi connectivity index (χ0v) is 12.7. The van der Waals surface area contributed by atoms with Gasteiger partial charge in [0.1, 0.15) is 0 Å². The molecule has 1 aliphatic rings. The van der Waals surface area contributed by atoms with Crippen LogP contribution in [0.3, 0.4) is 0 Å². The molecule has 1 saturated heterocycles. The molecule has 0 spiro atoms. The number of nitrogens with zero attached hydrogens (tertiary/aromatic N) is 3. The van der Waals surface area contributed by atoms with E-state index in [1.165, 1.54) is 0 Å². The number of rotatable bonds is 4. The number of guanidine groups is 1. The predicted molar refractivity (Wildman–Crippen MR) is 77.6 cm³/mol. The van der Waals surface area contributed by atoms with Crippen molar-refractivity contribution in [1.82, 2.24) is 15.2 Å². The number of nitrogens with one attached hydrogen (secondary N) is 1. The van der Waals surface area contributed by atoms with Crippen LogP contribution in [0.4, 0.5) is 13.2 Å². The van der Waals surface area contributed by atoms with E-state index in [0.29, 0.717) is 18.0 Å². The summed E-state index contributed by atoms with van der Waals surface area (Å²) >= 11 is 1.04. The van der Waals surface area contributed by atoms with Crippen molar-refractivity contribution in [3.05, 3.63) is 16.1 Å². The SMILES string of the molecule is CCNC(=NCCc1nc(C(F)(F)F)cs1)N1CCCC1. The molecule has 1 fully saturated rings. The summed E-state index contributed by atoms with van der Waals surface area (Å²) in [5, 5.41) is 4.75. The molecule has 0 aliphatic carbocycles. The van der Waals surface area contributed by atoms with Crippen LogP contribution >= 0.6 is 11.3 Å². The summed E-state index contributed by atoms with van der Waals surface area (Å²) in [4.78, 5) is 10.3. The Morgan fingerprint density at radius 1 is 1.43 bits per heavy atom. The quantitative estimate of drug-likeness (QED) is 0.685. The zero-order valence-electron chi connectivity index (χ0n) is 11.9. The standard InChI is InChI=1S/C13H19F3N4S/c1-2-17-12(20-7-3-4-8-20)18-6-5-11-19-10(9-21-11)13(14,15)16/h9H,2-8H2,1H3,(H,17,18). The Hall–Kier alpha value is -1.31. The van der Waals surface area contributed by atoms with E-state index in [-0.39, 0.29) is 0 Å². The third-order valence-corrected chi connectivity index (χ3v) is 4.08. The van der Waals surface area contributed by atoms with Gasteiger partial charge in [-0.1, -0.05) is 0 Å². The molecular formula is C13H19F3N4S. The first-order valence-electron chi connectivity index (χ1n) is 7.05.